The molecule has 14 N–H and O–H groups in total. The molecule has 2 aromatic rings. The molecule has 4 fully saturated rings. The molecule has 3 aliphatic heterocycles. The Morgan fingerprint density at radius 1 is 0.574 bits per heavy atom. The van der Waals surface area contributed by atoms with Gasteiger partial charge in [0.05, 0.1) is 30.9 Å². The highest BCUT2D eigenvalue weighted by Gasteiger charge is 2.51. The molecule has 0 aromatic heterocycles. The standard InChI is InChI=1S/C45H77N7O9.7ClH/c46-26-36-35(54)25-34(49)44(58-36)60-41-32(47)24-33(48)42(61-45-40(56)38(50)39(55)37(28-53)59-45)43(41)57-23-12-8-6-4-2-1-3-5-7-11-18-51-19-21-52(22-20-51)27-30-16-13-15-29-14-9-10-17-31(29)30;;;;;;;/h9-10,13-17,32-45,53-56H,1-8,11-12,18-28,46-50H2;7*1H/t32-,33+,34+,35-,36+,37+,38-,39+,40+,41+,42-,43-,44+,45+;;;;;;;/m0......./s1. The Labute approximate surface area is 447 Å². The zero-order valence-corrected chi connectivity index (χ0v) is 44.7. The first-order chi connectivity index (χ1) is 29.6. The summed E-state index contributed by atoms with van der Waals surface area (Å²) in [6.45, 7) is 6.73. The molecule has 3 saturated heterocycles. The summed E-state index contributed by atoms with van der Waals surface area (Å²) >= 11 is 0. The molecule has 402 valence electrons. The predicted molar refractivity (Wildman–Crippen MR) is 285 cm³/mol. The van der Waals surface area contributed by atoms with Crippen molar-refractivity contribution < 1.29 is 44.1 Å². The summed E-state index contributed by atoms with van der Waals surface area (Å²) in [6, 6.07) is 12.4. The van der Waals surface area contributed by atoms with E-state index in [4.69, 9.17) is 52.4 Å². The van der Waals surface area contributed by atoms with Gasteiger partial charge in [-0.05, 0) is 48.6 Å². The van der Waals surface area contributed by atoms with Crippen LogP contribution in [0, 0.1) is 0 Å². The minimum atomic E-state index is -1.40. The molecule has 23 heteroatoms. The van der Waals surface area contributed by atoms with E-state index < -0.39 is 92.2 Å². The predicted octanol–water partition coefficient (Wildman–Crippen LogP) is 3.55. The largest absolute Gasteiger partial charge is 0.394 e. The number of piperazine rings is 1. The number of nitrogens with two attached hydrogens (primary N) is 5. The van der Waals surface area contributed by atoms with E-state index in [0.717, 1.165) is 52.0 Å². The second-order valence-electron chi connectivity index (χ2n) is 17.9. The third kappa shape index (κ3) is 19.7. The van der Waals surface area contributed by atoms with E-state index in [9.17, 15) is 20.4 Å². The van der Waals surface area contributed by atoms with Crippen molar-refractivity contribution in [1.82, 2.24) is 9.80 Å². The molecule has 0 spiro atoms. The topological polar surface area (TPSA) is 264 Å². The number of aliphatic hydroxyl groups is 4. The minimum Gasteiger partial charge on any atom is -0.394 e. The van der Waals surface area contributed by atoms with Crippen LogP contribution in [0.1, 0.15) is 82.6 Å². The SMILES string of the molecule is Cl.Cl.Cl.Cl.Cl.Cl.Cl.NC[C@H]1O[C@H](O[C@H]2[C@H](OCCCCCCCCCCCCN3CCN(Cc4cccc5ccccc45)CC3)[C@@H](O[C@H]3O[C@H](CO)[C@@H](O)[C@H](N)[C@H]3O)[C@H](N)C[C@@H]2N)[C@H](N)C[C@@H]1O. The molecule has 68 heavy (non-hydrogen) atoms. The highest BCUT2D eigenvalue weighted by atomic mass is 35.5. The van der Waals surface area contributed by atoms with Gasteiger partial charge in [-0.2, -0.15) is 0 Å². The second-order valence-corrected chi connectivity index (χ2v) is 17.9. The summed E-state index contributed by atoms with van der Waals surface area (Å²) in [6.07, 6.45) is 2.24. The lowest BCUT2D eigenvalue weighted by Crippen LogP contribution is -2.68. The molecule has 3 heterocycles. The summed E-state index contributed by atoms with van der Waals surface area (Å²) in [5, 5.41) is 44.2. The van der Waals surface area contributed by atoms with E-state index in [1.165, 1.54) is 67.8 Å². The Morgan fingerprint density at radius 2 is 1.10 bits per heavy atom. The summed E-state index contributed by atoms with van der Waals surface area (Å²) in [5.74, 6) is 0. The summed E-state index contributed by atoms with van der Waals surface area (Å²) in [7, 11) is 0. The van der Waals surface area contributed by atoms with Gasteiger partial charge >= 0.3 is 0 Å². The van der Waals surface area contributed by atoms with Crippen LogP contribution in [0.2, 0.25) is 0 Å². The molecule has 1 aliphatic carbocycles. The molecule has 0 amide bonds. The quantitative estimate of drug-likeness (QED) is 0.0764. The van der Waals surface area contributed by atoms with E-state index >= 15 is 0 Å². The summed E-state index contributed by atoms with van der Waals surface area (Å²) in [4.78, 5) is 5.23. The third-order valence-electron chi connectivity index (χ3n) is 13.3. The maximum absolute atomic E-state index is 10.9. The van der Waals surface area contributed by atoms with Gasteiger partial charge in [0.25, 0.3) is 0 Å². The van der Waals surface area contributed by atoms with Crippen molar-refractivity contribution in [3.05, 3.63) is 48.0 Å². The van der Waals surface area contributed by atoms with Crippen molar-refractivity contribution in [1.29, 1.82) is 0 Å². The number of benzene rings is 2. The average molecular weight is 1120 g/mol. The highest BCUT2D eigenvalue weighted by Crippen LogP contribution is 2.33. The fourth-order valence-electron chi connectivity index (χ4n) is 9.51. The van der Waals surface area contributed by atoms with Crippen LogP contribution in [0.25, 0.3) is 10.8 Å². The number of ether oxygens (including phenoxy) is 5. The lowest BCUT2D eigenvalue weighted by molar-refractivity contribution is -0.318. The van der Waals surface area contributed by atoms with Crippen molar-refractivity contribution in [2.45, 2.75) is 169 Å². The molecule has 14 atom stereocenters. The molecule has 0 radical (unpaired) electrons. The lowest BCUT2D eigenvalue weighted by Gasteiger charge is -2.49. The van der Waals surface area contributed by atoms with Crippen molar-refractivity contribution in [3.63, 3.8) is 0 Å². The van der Waals surface area contributed by atoms with Crippen LogP contribution in [0.15, 0.2) is 42.5 Å². The molecule has 6 rings (SSSR count). The van der Waals surface area contributed by atoms with E-state index in [0.29, 0.717) is 6.61 Å². The zero-order chi connectivity index (χ0) is 43.3. The van der Waals surface area contributed by atoms with Crippen LogP contribution in [0.3, 0.4) is 0 Å². The average Bonchev–Trinajstić information content (AvgIpc) is 3.26. The molecule has 1 saturated carbocycles. The van der Waals surface area contributed by atoms with Crippen LogP contribution in [0.4, 0.5) is 0 Å². The number of halogens is 7. The lowest BCUT2D eigenvalue weighted by atomic mass is 9.84. The number of hydrogen-bond acceptors (Lipinski definition) is 16. The van der Waals surface area contributed by atoms with Crippen LogP contribution >= 0.6 is 86.8 Å². The van der Waals surface area contributed by atoms with E-state index in [1.807, 2.05) is 0 Å². The Hall–Kier alpha value is 0.0900. The van der Waals surface area contributed by atoms with E-state index in [2.05, 4.69) is 52.3 Å². The van der Waals surface area contributed by atoms with Crippen LogP contribution in [0.5, 0.6) is 0 Å². The molecule has 0 bridgehead atoms. The summed E-state index contributed by atoms with van der Waals surface area (Å²) in [5.41, 5.74) is 33.0. The summed E-state index contributed by atoms with van der Waals surface area (Å²) < 4.78 is 30.9. The molecular weight excluding hydrogens is 1030 g/mol. The highest BCUT2D eigenvalue weighted by molar-refractivity contribution is 5.86. The van der Waals surface area contributed by atoms with Gasteiger partial charge in [-0.15, -0.1) is 86.8 Å². The first-order valence-electron chi connectivity index (χ1n) is 23.1. The van der Waals surface area contributed by atoms with Gasteiger partial charge in [0.2, 0.25) is 0 Å². The molecule has 4 aliphatic rings. The Morgan fingerprint density at radius 3 is 1.71 bits per heavy atom. The van der Waals surface area contributed by atoms with Crippen LogP contribution in [-0.4, -0.2) is 168 Å². The van der Waals surface area contributed by atoms with Gasteiger partial charge in [-0.25, -0.2) is 0 Å². The number of unbranched alkanes of at least 4 members (excludes halogenated alkanes) is 9. The normalized spacial score (nSPS) is 31.8. The van der Waals surface area contributed by atoms with Crippen molar-refractivity contribution in [2.75, 3.05) is 52.5 Å². The van der Waals surface area contributed by atoms with E-state index in [-0.39, 0.29) is 106 Å². The molecule has 0 unspecified atom stereocenters. The molecule has 16 nitrogen and oxygen atoms in total. The second kappa shape index (κ2) is 36.1. The smallest absolute Gasteiger partial charge is 0.186 e. The Balaban J connectivity index is 0. The van der Waals surface area contributed by atoms with Gasteiger partial charge in [0, 0.05) is 58.0 Å². The number of rotatable bonds is 22. The molecule has 2 aromatic carbocycles. The third-order valence-corrected chi connectivity index (χ3v) is 13.3. The number of nitrogens with zero attached hydrogens (tertiary/aromatic N) is 2. The van der Waals surface area contributed by atoms with Crippen LogP contribution in [-0.2, 0) is 30.2 Å². The van der Waals surface area contributed by atoms with Gasteiger partial charge in [0.15, 0.2) is 12.6 Å². The first-order valence-corrected chi connectivity index (χ1v) is 23.1. The number of hydrogen-bond donors (Lipinski definition) is 9. The van der Waals surface area contributed by atoms with Gasteiger partial charge < -0.3 is 77.7 Å². The van der Waals surface area contributed by atoms with Gasteiger partial charge in [-0.3, -0.25) is 4.90 Å². The Bertz CT molecular complexity index is 1590. The van der Waals surface area contributed by atoms with Crippen molar-refractivity contribution >= 4 is 97.6 Å². The van der Waals surface area contributed by atoms with Gasteiger partial charge in [0.1, 0.15) is 36.6 Å². The van der Waals surface area contributed by atoms with Crippen molar-refractivity contribution in [2.24, 2.45) is 28.7 Å². The number of fused-ring (bicyclic) bond motifs is 1. The maximum atomic E-state index is 10.9. The maximum Gasteiger partial charge on any atom is 0.186 e. The van der Waals surface area contributed by atoms with Crippen LogP contribution < -0.4 is 28.7 Å². The zero-order valence-electron chi connectivity index (χ0n) is 38.9. The van der Waals surface area contributed by atoms with Gasteiger partial charge in [-0.1, -0.05) is 93.8 Å². The number of aliphatic hydroxyl groups excluding tert-OH is 4. The molecular formula is C45H84Cl7N7O9. The van der Waals surface area contributed by atoms with Crippen molar-refractivity contribution in [3.8, 4) is 0 Å². The fourth-order valence-corrected chi connectivity index (χ4v) is 9.51. The van der Waals surface area contributed by atoms with E-state index in [1.54, 1.807) is 0 Å². The fraction of sp³-hybridized carbons (Fsp3) is 0.778. The first kappa shape index (κ1) is 70.2. The monoisotopic (exact) mass is 1110 g/mol. The minimum absolute atomic E-state index is 0. The Kier molecular flexibility index (Phi) is 37.3.